The summed E-state index contributed by atoms with van der Waals surface area (Å²) in [4.78, 5) is 14.3. The zero-order chi connectivity index (χ0) is 18.7. The number of hydrogen-bond donors (Lipinski definition) is 2. The van der Waals surface area contributed by atoms with Crippen molar-refractivity contribution in [3.8, 4) is 11.3 Å². The van der Waals surface area contributed by atoms with E-state index in [1.54, 1.807) is 19.9 Å². The minimum absolute atomic E-state index is 0.0347. The van der Waals surface area contributed by atoms with E-state index < -0.39 is 15.9 Å². The van der Waals surface area contributed by atoms with Gasteiger partial charge in [-0.1, -0.05) is 47.6 Å². The van der Waals surface area contributed by atoms with Crippen LogP contribution in [-0.4, -0.2) is 19.5 Å². The minimum Gasteiger partial charge on any atom is -0.355 e. The van der Waals surface area contributed by atoms with Gasteiger partial charge < -0.3 is 4.52 Å². The lowest BCUT2D eigenvalue weighted by atomic mass is 10.2. The van der Waals surface area contributed by atoms with Crippen molar-refractivity contribution < 1.29 is 17.7 Å². The second-order valence-electron chi connectivity index (χ2n) is 5.77. The van der Waals surface area contributed by atoms with Gasteiger partial charge in [0.2, 0.25) is 0 Å². The van der Waals surface area contributed by atoms with E-state index >= 15 is 0 Å². The predicted octanol–water partition coefficient (Wildman–Crippen LogP) is 2.58. The highest BCUT2D eigenvalue weighted by atomic mass is 32.2. The summed E-state index contributed by atoms with van der Waals surface area (Å²) in [6.07, 6.45) is 0. The molecule has 0 aliphatic rings. The number of hydrogen-bond acceptors (Lipinski definition) is 5. The standard InChI is InChI=1S/C18H17N3O4S/c1-12-8-9-13(2)17(10-12)26(23,24)21-19-18(22)15-11-16(25-20-15)14-6-4-3-5-7-14/h3-11,21H,1-2H3,(H,19,22). The normalized spacial score (nSPS) is 11.3. The first-order chi connectivity index (χ1) is 12.4. The number of benzene rings is 2. The molecular formula is C18H17N3O4S. The smallest absolute Gasteiger partial charge is 0.288 e. The highest BCUT2D eigenvalue weighted by molar-refractivity contribution is 7.89. The van der Waals surface area contributed by atoms with Crippen LogP contribution in [0.5, 0.6) is 0 Å². The van der Waals surface area contributed by atoms with Gasteiger partial charge in [0, 0.05) is 11.6 Å². The molecule has 8 heteroatoms. The van der Waals surface area contributed by atoms with Gasteiger partial charge in [0.1, 0.15) is 0 Å². The summed E-state index contributed by atoms with van der Waals surface area (Å²) in [5.74, 6) is -0.307. The number of nitrogens with zero attached hydrogens (tertiary/aromatic N) is 1. The van der Waals surface area contributed by atoms with Crippen LogP contribution < -0.4 is 10.3 Å². The number of aromatic nitrogens is 1. The van der Waals surface area contributed by atoms with Crippen molar-refractivity contribution in [1.29, 1.82) is 0 Å². The Kier molecular flexibility index (Phi) is 4.88. The summed E-state index contributed by atoms with van der Waals surface area (Å²) < 4.78 is 29.9. The van der Waals surface area contributed by atoms with E-state index in [2.05, 4.69) is 15.4 Å². The maximum Gasteiger partial charge on any atom is 0.288 e. The molecule has 134 valence electrons. The topological polar surface area (TPSA) is 101 Å². The van der Waals surface area contributed by atoms with Crippen LogP contribution in [0.25, 0.3) is 11.3 Å². The zero-order valence-electron chi connectivity index (χ0n) is 14.2. The Hall–Kier alpha value is -2.97. The van der Waals surface area contributed by atoms with Crippen LogP contribution in [0.1, 0.15) is 21.6 Å². The highest BCUT2D eigenvalue weighted by Gasteiger charge is 2.20. The highest BCUT2D eigenvalue weighted by Crippen LogP contribution is 2.20. The minimum atomic E-state index is -3.90. The maximum atomic E-state index is 12.4. The second kappa shape index (κ2) is 7.11. The zero-order valence-corrected chi connectivity index (χ0v) is 15.0. The van der Waals surface area contributed by atoms with E-state index in [1.807, 2.05) is 36.4 Å². The second-order valence-corrected chi connectivity index (χ2v) is 7.42. The third kappa shape index (κ3) is 3.81. The quantitative estimate of drug-likeness (QED) is 0.671. The van der Waals surface area contributed by atoms with Gasteiger partial charge in [-0.2, -0.15) is 0 Å². The molecule has 7 nitrogen and oxygen atoms in total. The van der Waals surface area contributed by atoms with Crippen molar-refractivity contribution in [3.63, 3.8) is 0 Å². The van der Waals surface area contributed by atoms with Crippen molar-refractivity contribution in [2.45, 2.75) is 18.7 Å². The number of amides is 1. The van der Waals surface area contributed by atoms with Gasteiger partial charge in [0.05, 0.1) is 4.90 Å². The Morgan fingerprint density at radius 1 is 1.04 bits per heavy atom. The van der Waals surface area contributed by atoms with Crippen molar-refractivity contribution in [3.05, 3.63) is 71.4 Å². The average Bonchev–Trinajstić information content (AvgIpc) is 3.13. The summed E-state index contributed by atoms with van der Waals surface area (Å²) in [7, 11) is -3.90. The molecule has 0 fully saturated rings. The number of aryl methyl sites for hydroxylation is 2. The van der Waals surface area contributed by atoms with Gasteiger partial charge in [0.15, 0.2) is 11.5 Å². The maximum absolute atomic E-state index is 12.4. The Morgan fingerprint density at radius 2 is 1.77 bits per heavy atom. The Labute approximate surface area is 151 Å². The van der Waals surface area contributed by atoms with Crippen LogP contribution in [0.3, 0.4) is 0 Å². The fourth-order valence-corrected chi connectivity index (χ4v) is 3.52. The molecule has 0 atom stereocenters. The van der Waals surface area contributed by atoms with Crippen LogP contribution in [0.15, 0.2) is 64.0 Å². The fourth-order valence-electron chi connectivity index (χ4n) is 2.35. The molecule has 3 aromatic rings. The van der Waals surface area contributed by atoms with Crippen LogP contribution in [0.4, 0.5) is 0 Å². The molecule has 2 N–H and O–H groups in total. The van der Waals surface area contributed by atoms with Crippen molar-refractivity contribution >= 4 is 15.9 Å². The molecule has 0 aliphatic carbocycles. The van der Waals surface area contributed by atoms with E-state index in [1.165, 1.54) is 12.1 Å². The van der Waals surface area contributed by atoms with E-state index in [4.69, 9.17) is 4.52 Å². The first-order valence-corrected chi connectivity index (χ1v) is 9.27. The van der Waals surface area contributed by atoms with Gasteiger partial charge in [-0.05, 0) is 31.0 Å². The molecule has 26 heavy (non-hydrogen) atoms. The first-order valence-electron chi connectivity index (χ1n) is 7.78. The first kappa shape index (κ1) is 17.8. The molecule has 0 saturated carbocycles. The molecule has 0 radical (unpaired) electrons. The van der Waals surface area contributed by atoms with Gasteiger partial charge in [-0.15, -0.1) is 4.83 Å². The third-order valence-electron chi connectivity index (χ3n) is 3.73. The number of nitrogens with one attached hydrogen (secondary N) is 2. The summed E-state index contributed by atoms with van der Waals surface area (Å²) in [6, 6.07) is 15.6. The van der Waals surface area contributed by atoms with Gasteiger partial charge >= 0.3 is 0 Å². The summed E-state index contributed by atoms with van der Waals surface area (Å²) in [5.41, 5.74) is 4.25. The Bertz CT molecular complexity index is 1040. The molecule has 0 spiro atoms. The largest absolute Gasteiger partial charge is 0.355 e. The van der Waals surface area contributed by atoms with E-state index in [9.17, 15) is 13.2 Å². The Morgan fingerprint density at radius 3 is 2.50 bits per heavy atom. The van der Waals surface area contributed by atoms with E-state index in [0.717, 1.165) is 11.1 Å². The van der Waals surface area contributed by atoms with Crippen LogP contribution in [0, 0.1) is 13.8 Å². The van der Waals surface area contributed by atoms with Crippen molar-refractivity contribution in [2.24, 2.45) is 0 Å². The number of hydrazine groups is 1. The van der Waals surface area contributed by atoms with E-state index in [0.29, 0.717) is 11.3 Å². The Balaban J connectivity index is 1.73. The van der Waals surface area contributed by atoms with Crippen LogP contribution in [0.2, 0.25) is 0 Å². The summed E-state index contributed by atoms with van der Waals surface area (Å²) >= 11 is 0. The number of carbonyl (C=O) groups is 1. The molecule has 0 unspecified atom stereocenters. The molecule has 1 amide bonds. The lowest BCUT2D eigenvalue weighted by molar-refractivity contribution is 0.0936. The molecule has 2 aromatic carbocycles. The summed E-state index contributed by atoms with van der Waals surface area (Å²) in [5, 5.41) is 3.68. The lowest BCUT2D eigenvalue weighted by Gasteiger charge is -2.10. The predicted molar refractivity (Wildman–Crippen MR) is 95.6 cm³/mol. The number of rotatable bonds is 5. The monoisotopic (exact) mass is 371 g/mol. The molecule has 3 rings (SSSR count). The average molecular weight is 371 g/mol. The lowest BCUT2D eigenvalue weighted by Crippen LogP contribution is -2.41. The van der Waals surface area contributed by atoms with Crippen LogP contribution >= 0.6 is 0 Å². The molecule has 1 aromatic heterocycles. The molecule has 0 aliphatic heterocycles. The SMILES string of the molecule is Cc1ccc(C)c(S(=O)(=O)NNC(=O)c2cc(-c3ccccc3)on2)c1. The van der Waals surface area contributed by atoms with Crippen LogP contribution in [-0.2, 0) is 10.0 Å². The van der Waals surface area contributed by atoms with E-state index in [-0.39, 0.29) is 10.6 Å². The van der Waals surface area contributed by atoms with Gasteiger partial charge in [-0.25, -0.2) is 8.42 Å². The van der Waals surface area contributed by atoms with Gasteiger partial charge in [0.25, 0.3) is 15.9 Å². The molecule has 0 saturated heterocycles. The number of carbonyl (C=O) groups excluding carboxylic acids is 1. The molecule has 1 heterocycles. The fraction of sp³-hybridized carbons (Fsp3) is 0.111. The summed E-state index contributed by atoms with van der Waals surface area (Å²) in [6.45, 7) is 3.47. The van der Waals surface area contributed by atoms with Crippen molar-refractivity contribution in [1.82, 2.24) is 15.4 Å². The molecule has 0 bridgehead atoms. The third-order valence-corrected chi connectivity index (χ3v) is 5.12. The molecular weight excluding hydrogens is 354 g/mol. The number of sulfonamides is 1. The van der Waals surface area contributed by atoms with Crippen molar-refractivity contribution in [2.75, 3.05) is 0 Å². The van der Waals surface area contributed by atoms with Gasteiger partial charge in [-0.3, -0.25) is 10.2 Å².